The minimum Gasteiger partial charge on any atom is -0.478 e. The van der Waals surface area contributed by atoms with Gasteiger partial charge in [0.2, 0.25) is 5.91 Å². The molecule has 1 aromatic carbocycles. The number of aliphatic carboxylic acids is 1. The highest BCUT2D eigenvalue weighted by Gasteiger charge is 2.18. The Bertz CT molecular complexity index is 545. The summed E-state index contributed by atoms with van der Waals surface area (Å²) in [4.78, 5) is 33.0. The monoisotopic (exact) mass is 231 g/mol. The first-order valence-electron chi connectivity index (χ1n) is 4.94. The fourth-order valence-electron chi connectivity index (χ4n) is 1.63. The van der Waals surface area contributed by atoms with E-state index in [1.807, 2.05) is 0 Å². The summed E-state index contributed by atoms with van der Waals surface area (Å²) in [5, 5.41) is 11.1. The molecule has 1 heterocycles. The Morgan fingerprint density at radius 2 is 2.06 bits per heavy atom. The molecule has 5 heteroatoms. The van der Waals surface area contributed by atoms with Gasteiger partial charge in [-0.3, -0.25) is 9.59 Å². The number of carboxylic acids is 1. The lowest BCUT2D eigenvalue weighted by molar-refractivity contribution is -0.131. The molecule has 2 N–H and O–H groups in total. The number of carbonyl (C=O) groups excluding carboxylic acids is 2. The molecule has 1 aromatic rings. The Balaban J connectivity index is 2.24. The first kappa shape index (κ1) is 11.1. The molecule has 17 heavy (non-hydrogen) atoms. The van der Waals surface area contributed by atoms with Crippen LogP contribution < -0.4 is 5.32 Å². The van der Waals surface area contributed by atoms with Crippen molar-refractivity contribution in [1.29, 1.82) is 0 Å². The van der Waals surface area contributed by atoms with Crippen molar-refractivity contribution in [2.75, 3.05) is 5.32 Å². The molecule has 0 fully saturated rings. The molecule has 0 saturated carbocycles. The van der Waals surface area contributed by atoms with E-state index < -0.39 is 11.8 Å². The zero-order valence-corrected chi connectivity index (χ0v) is 8.77. The van der Waals surface area contributed by atoms with Crippen LogP contribution >= 0.6 is 0 Å². The summed E-state index contributed by atoms with van der Waals surface area (Å²) in [5.74, 6) is -1.67. The van der Waals surface area contributed by atoms with E-state index in [9.17, 15) is 14.4 Å². The van der Waals surface area contributed by atoms with Crippen molar-refractivity contribution in [3.05, 3.63) is 41.5 Å². The fraction of sp³-hybridized carbons (Fsp3) is 0.0833. The van der Waals surface area contributed by atoms with Gasteiger partial charge in [0, 0.05) is 17.3 Å². The van der Waals surface area contributed by atoms with Crippen LogP contribution in [-0.2, 0) is 16.0 Å². The van der Waals surface area contributed by atoms with Gasteiger partial charge in [-0.05, 0) is 29.8 Å². The number of carbonyl (C=O) groups is 3. The number of rotatable bonds is 3. The number of benzene rings is 1. The summed E-state index contributed by atoms with van der Waals surface area (Å²) in [6.07, 6.45) is 2.03. The van der Waals surface area contributed by atoms with Gasteiger partial charge >= 0.3 is 5.97 Å². The number of nitrogens with one attached hydrogen (secondary N) is 1. The van der Waals surface area contributed by atoms with Gasteiger partial charge in [0.05, 0.1) is 6.42 Å². The zero-order chi connectivity index (χ0) is 12.4. The van der Waals surface area contributed by atoms with Crippen molar-refractivity contribution in [1.82, 2.24) is 0 Å². The molecule has 0 saturated heterocycles. The van der Waals surface area contributed by atoms with Gasteiger partial charge in [-0.1, -0.05) is 0 Å². The third-order valence-corrected chi connectivity index (χ3v) is 2.39. The van der Waals surface area contributed by atoms with Crippen molar-refractivity contribution in [2.45, 2.75) is 6.42 Å². The number of fused-ring (bicyclic) bond motifs is 1. The lowest BCUT2D eigenvalue weighted by atomic mass is 10.0. The second-order valence-electron chi connectivity index (χ2n) is 3.63. The maximum Gasteiger partial charge on any atom is 0.328 e. The van der Waals surface area contributed by atoms with Crippen molar-refractivity contribution in [2.24, 2.45) is 0 Å². The van der Waals surface area contributed by atoms with Crippen LogP contribution in [0, 0.1) is 0 Å². The number of carboxylic acid groups (broad SMARTS) is 1. The largest absolute Gasteiger partial charge is 0.478 e. The number of hydrogen-bond acceptors (Lipinski definition) is 3. The highest BCUT2D eigenvalue weighted by molar-refractivity contribution is 6.08. The molecule has 0 aromatic heterocycles. The number of anilines is 1. The van der Waals surface area contributed by atoms with Gasteiger partial charge in [0.25, 0.3) is 0 Å². The van der Waals surface area contributed by atoms with Gasteiger partial charge in [-0.25, -0.2) is 4.79 Å². The average molecular weight is 231 g/mol. The Hall–Kier alpha value is -2.43. The summed E-state index contributed by atoms with van der Waals surface area (Å²) in [7, 11) is 0. The first-order chi connectivity index (χ1) is 8.06. The normalized spacial score (nSPS) is 13.5. The fourth-order valence-corrected chi connectivity index (χ4v) is 1.63. The summed E-state index contributed by atoms with van der Waals surface area (Å²) >= 11 is 0. The summed E-state index contributed by atoms with van der Waals surface area (Å²) in [5.41, 5.74) is 1.83. The SMILES string of the molecule is O=C(O)C=CC(=O)c1ccc2c(c1)CC(=O)N2. The standard InChI is InChI=1S/C12H9NO4/c14-10(3-4-12(16)17)7-1-2-9-8(5-7)6-11(15)13-9/h1-5H,6H2,(H,13,15)(H,16,17). The second kappa shape index (κ2) is 4.21. The Labute approximate surface area is 96.8 Å². The predicted octanol–water partition coefficient (Wildman–Crippen LogP) is 1.00. The van der Waals surface area contributed by atoms with E-state index in [0.717, 1.165) is 17.7 Å². The minimum atomic E-state index is -1.17. The van der Waals surface area contributed by atoms with Gasteiger partial charge < -0.3 is 10.4 Å². The van der Waals surface area contributed by atoms with E-state index in [1.165, 1.54) is 0 Å². The molecule has 0 aliphatic carbocycles. The molecule has 1 aliphatic rings. The predicted molar refractivity (Wildman–Crippen MR) is 59.9 cm³/mol. The molecule has 86 valence electrons. The van der Waals surface area contributed by atoms with E-state index in [4.69, 9.17) is 5.11 Å². The van der Waals surface area contributed by atoms with Gasteiger partial charge in [0.1, 0.15) is 0 Å². The molecule has 2 rings (SSSR count). The third-order valence-electron chi connectivity index (χ3n) is 2.39. The Morgan fingerprint density at radius 3 is 2.76 bits per heavy atom. The average Bonchev–Trinajstić information content (AvgIpc) is 2.64. The van der Waals surface area contributed by atoms with E-state index >= 15 is 0 Å². The van der Waals surface area contributed by atoms with Crippen LogP contribution in [0.5, 0.6) is 0 Å². The number of hydrogen-bond donors (Lipinski definition) is 2. The molecule has 0 radical (unpaired) electrons. The maximum atomic E-state index is 11.6. The molecule has 0 unspecified atom stereocenters. The lowest BCUT2D eigenvalue weighted by Crippen LogP contribution is -2.03. The Kier molecular flexibility index (Phi) is 2.74. The highest BCUT2D eigenvalue weighted by atomic mass is 16.4. The molecule has 0 spiro atoms. The van der Waals surface area contributed by atoms with Crippen molar-refractivity contribution in [3.63, 3.8) is 0 Å². The van der Waals surface area contributed by atoms with E-state index in [-0.39, 0.29) is 12.3 Å². The number of ketones is 1. The first-order valence-corrected chi connectivity index (χ1v) is 4.94. The van der Waals surface area contributed by atoms with Gasteiger partial charge in [-0.2, -0.15) is 0 Å². The van der Waals surface area contributed by atoms with Crippen LogP contribution in [0.1, 0.15) is 15.9 Å². The van der Waals surface area contributed by atoms with Crippen LogP contribution in [0.2, 0.25) is 0 Å². The minimum absolute atomic E-state index is 0.106. The van der Waals surface area contributed by atoms with Crippen LogP contribution in [0.25, 0.3) is 0 Å². The summed E-state index contributed by atoms with van der Waals surface area (Å²) < 4.78 is 0. The van der Waals surface area contributed by atoms with Crippen LogP contribution in [0.15, 0.2) is 30.4 Å². The molecule has 5 nitrogen and oxygen atoms in total. The molecule has 0 atom stereocenters. The highest BCUT2D eigenvalue weighted by Crippen LogP contribution is 2.24. The summed E-state index contributed by atoms with van der Waals surface area (Å²) in [6.45, 7) is 0. The quantitative estimate of drug-likeness (QED) is 0.600. The summed E-state index contributed by atoms with van der Waals surface area (Å²) in [6, 6.07) is 4.79. The van der Waals surface area contributed by atoms with E-state index in [2.05, 4.69) is 5.32 Å². The van der Waals surface area contributed by atoms with Gasteiger partial charge in [0.15, 0.2) is 5.78 Å². The van der Waals surface area contributed by atoms with Crippen molar-refractivity contribution in [3.8, 4) is 0 Å². The van der Waals surface area contributed by atoms with Crippen LogP contribution in [-0.4, -0.2) is 22.8 Å². The molecule has 0 bridgehead atoms. The zero-order valence-electron chi connectivity index (χ0n) is 8.77. The maximum absolute atomic E-state index is 11.6. The molecular weight excluding hydrogens is 222 g/mol. The van der Waals surface area contributed by atoms with E-state index in [1.54, 1.807) is 18.2 Å². The third kappa shape index (κ3) is 2.39. The number of allylic oxidation sites excluding steroid dienone is 1. The van der Waals surface area contributed by atoms with Crippen LogP contribution in [0.3, 0.4) is 0 Å². The molecular formula is C12H9NO4. The topological polar surface area (TPSA) is 83.5 Å². The van der Waals surface area contributed by atoms with Crippen molar-refractivity contribution >= 4 is 23.3 Å². The van der Waals surface area contributed by atoms with Gasteiger partial charge in [-0.15, -0.1) is 0 Å². The second-order valence-corrected chi connectivity index (χ2v) is 3.63. The lowest BCUT2D eigenvalue weighted by Gasteiger charge is -2.00. The van der Waals surface area contributed by atoms with Crippen molar-refractivity contribution < 1.29 is 19.5 Å². The molecule has 1 amide bonds. The number of amides is 1. The van der Waals surface area contributed by atoms with E-state index in [0.29, 0.717) is 11.3 Å². The smallest absolute Gasteiger partial charge is 0.328 e. The molecule has 1 aliphatic heterocycles. The van der Waals surface area contributed by atoms with Crippen LogP contribution in [0.4, 0.5) is 5.69 Å². The Morgan fingerprint density at radius 1 is 1.29 bits per heavy atom.